The van der Waals surface area contributed by atoms with Gasteiger partial charge in [-0.15, -0.1) is 0 Å². The van der Waals surface area contributed by atoms with Crippen molar-refractivity contribution in [2.24, 2.45) is 0 Å². The van der Waals surface area contributed by atoms with Crippen LogP contribution >= 0.6 is 50.1 Å². The van der Waals surface area contributed by atoms with Gasteiger partial charge >= 0.3 is 0 Å². The SMILES string of the molecule is CC(C)(C)[Si](C)(C)Oc1cc(I)c(Br)cc1Cl. The average molecular weight is 448 g/mol. The minimum atomic E-state index is -1.82. The van der Waals surface area contributed by atoms with Gasteiger partial charge in [0.1, 0.15) is 5.75 Å². The van der Waals surface area contributed by atoms with Crippen molar-refractivity contribution in [3.05, 3.63) is 25.2 Å². The van der Waals surface area contributed by atoms with Gasteiger partial charge in [0.15, 0.2) is 0 Å². The van der Waals surface area contributed by atoms with Crippen LogP contribution in [-0.2, 0) is 0 Å². The fourth-order valence-electron chi connectivity index (χ4n) is 1.01. The molecule has 0 spiro atoms. The summed E-state index contributed by atoms with van der Waals surface area (Å²) < 4.78 is 8.33. The Balaban J connectivity index is 3.08. The van der Waals surface area contributed by atoms with Gasteiger partial charge in [0, 0.05) is 8.04 Å². The molecular weight excluding hydrogens is 430 g/mol. The van der Waals surface area contributed by atoms with E-state index in [0.29, 0.717) is 5.02 Å². The van der Waals surface area contributed by atoms with E-state index in [1.54, 1.807) is 0 Å². The summed E-state index contributed by atoms with van der Waals surface area (Å²) in [7, 11) is -1.82. The van der Waals surface area contributed by atoms with E-state index in [1.807, 2.05) is 12.1 Å². The molecule has 0 aliphatic rings. The standard InChI is InChI=1S/C12H17BrClIOSi/c1-12(2,3)17(4,5)16-11-7-10(15)8(13)6-9(11)14/h6-7H,1-5H3. The molecule has 0 atom stereocenters. The van der Waals surface area contributed by atoms with Crippen molar-refractivity contribution in [3.8, 4) is 5.75 Å². The maximum Gasteiger partial charge on any atom is 0.250 e. The van der Waals surface area contributed by atoms with Gasteiger partial charge in [-0.2, -0.15) is 0 Å². The molecule has 0 aliphatic heterocycles. The predicted molar refractivity (Wildman–Crippen MR) is 89.7 cm³/mol. The molecule has 0 fully saturated rings. The van der Waals surface area contributed by atoms with Gasteiger partial charge in [-0.25, -0.2) is 0 Å². The Bertz CT molecular complexity index is 429. The van der Waals surface area contributed by atoms with Crippen LogP contribution in [0.1, 0.15) is 20.8 Å². The zero-order valence-corrected chi connectivity index (χ0v) is 16.2. The maximum absolute atomic E-state index is 6.22. The van der Waals surface area contributed by atoms with Gasteiger partial charge in [0.05, 0.1) is 5.02 Å². The molecule has 0 N–H and O–H groups in total. The molecule has 1 rings (SSSR count). The van der Waals surface area contributed by atoms with E-state index in [1.165, 1.54) is 0 Å². The van der Waals surface area contributed by atoms with E-state index < -0.39 is 8.32 Å². The summed E-state index contributed by atoms with van der Waals surface area (Å²) in [6.07, 6.45) is 0. The highest BCUT2D eigenvalue weighted by atomic mass is 127. The number of rotatable bonds is 2. The van der Waals surface area contributed by atoms with Crippen LogP contribution in [0.2, 0.25) is 23.2 Å². The Morgan fingerprint density at radius 2 is 1.82 bits per heavy atom. The van der Waals surface area contributed by atoms with E-state index in [2.05, 4.69) is 72.4 Å². The largest absolute Gasteiger partial charge is 0.542 e. The first kappa shape index (κ1) is 15.8. The molecule has 0 aromatic heterocycles. The van der Waals surface area contributed by atoms with Gasteiger partial charge in [0.2, 0.25) is 0 Å². The van der Waals surface area contributed by atoms with Crippen molar-refractivity contribution in [3.63, 3.8) is 0 Å². The van der Waals surface area contributed by atoms with Gasteiger partial charge in [-0.3, -0.25) is 0 Å². The maximum atomic E-state index is 6.22. The average Bonchev–Trinajstić information content (AvgIpc) is 2.12. The van der Waals surface area contributed by atoms with E-state index in [0.717, 1.165) is 13.8 Å². The summed E-state index contributed by atoms with van der Waals surface area (Å²) in [5.74, 6) is 0.797. The minimum Gasteiger partial charge on any atom is -0.542 e. The smallest absolute Gasteiger partial charge is 0.250 e. The molecule has 0 saturated heterocycles. The molecular formula is C12H17BrClIOSi. The summed E-state index contributed by atoms with van der Waals surface area (Å²) in [6.45, 7) is 11.1. The van der Waals surface area contributed by atoms with Crippen LogP contribution in [0.15, 0.2) is 16.6 Å². The van der Waals surface area contributed by atoms with Crippen molar-refractivity contribution >= 4 is 58.4 Å². The lowest BCUT2D eigenvalue weighted by atomic mass is 10.2. The number of hydrogen-bond acceptors (Lipinski definition) is 1. The van der Waals surface area contributed by atoms with E-state index in [9.17, 15) is 0 Å². The van der Waals surface area contributed by atoms with Gasteiger partial charge in [0.25, 0.3) is 8.32 Å². The highest BCUT2D eigenvalue weighted by Gasteiger charge is 2.39. The second-order valence-electron chi connectivity index (χ2n) is 5.56. The first-order valence-electron chi connectivity index (χ1n) is 5.38. The first-order chi connectivity index (χ1) is 7.54. The zero-order chi connectivity index (χ0) is 13.4. The normalized spacial score (nSPS) is 12.7. The first-order valence-corrected chi connectivity index (χ1v) is 10.5. The Kier molecular flexibility index (Phi) is 5.01. The molecule has 1 aromatic carbocycles. The second kappa shape index (κ2) is 5.39. The van der Waals surface area contributed by atoms with Crippen molar-refractivity contribution < 1.29 is 4.43 Å². The summed E-state index contributed by atoms with van der Waals surface area (Å²) in [6, 6.07) is 3.89. The monoisotopic (exact) mass is 446 g/mol. The highest BCUT2D eigenvalue weighted by Crippen LogP contribution is 2.40. The Labute approximate surface area is 132 Å². The third-order valence-corrected chi connectivity index (χ3v) is 10.1. The van der Waals surface area contributed by atoms with Crippen molar-refractivity contribution in [2.45, 2.75) is 38.9 Å². The number of hydrogen-bond donors (Lipinski definition) is 0. The van der Waals surface area contributed by atoms with Crippen LogP contribution in [0, 0.1) is 3.57 Å². The van der Waals surface area contributed by atoms with Crippen LogP contribution in [-0.4, -0.2) is 8.32 Å². The molecule has 0 amide bonds. The van der Waals surface area contributed by atoms with E-state index >= 15 is 0 Å². The molecule has 96 valence electrons. The molecule has 1 nitrogen and oxygen atoms in total. The third kappa shape index (κ3) is 3.85. The molecule has 17 heavy (non-hydrogen) atoms. The van der Waals surface area contributed by atoms with E-state index in [4.69, 9.17) is 16.0 Å². The molecule has 5 heteroatoms. The van der Waals surface area contributed by atoms with Gasteiger partial charge in [-0.05, 0) is 68.8 Å². The Morgan fingerprint density at radius 3 is 2.29 bits per heavy atom. The third-order valence-electron chi connectivity index (χ3n) is 3.15. The topological polar surface area (TPSA) is 9.23 Å². The van der Waals surface area contributed by atoms with Crippen LogP contribution in [0.4, 0.5) is 0 Å². The lowest BCUT2D eigenvalue weighted by molar-refractivity contribution is 0.492. The molecule has 0 heterocycles. The summed E-state index contributed by atoms with van der Waals surface area (Å²) >= 11 is 12.0. The molecule has 0 aliphatic carbocycles. The summed E-state index contributed by atoms with van der Waals surface area (Å²) in [4.78, 5) is 0. The number of benzene rings is 1. The lowest BCUT2D eigenvalue weighted by Gasteiger charge is -2.36. The van der Waals surface area contributed by atoms with Crippen LogP contribution < -0.4 is 4.43 Å². The molecule has 1 aromatic rings. The second-order valence-corrected chi connectivity index (χ2v) is 12.7. The fourth-order valence-corrected chi connectivity index (χ4v) is 3.22. The summed E-state index contributed by atoms with van der Waals surface area (Å²) in [5.41, 5.74) is 0. The molecule has 0 unspecified atom stereocenters. The summed E-state index contributed by atoms with van der Waals surface area (Å²) in [5, 5.41) is 0.844. The van der Waals surface area contributed by atoms with Crippen LogP contribution in [0.5, 0.6) is 5.75 Å². The number of halogens is 3. The van der Waals surface area contributed by atoms with Gasteiger partial charge < -0.3 is 4.43 Å². The van der Waals surface area contributed by atoms with Crippen LogP contribution in [0.3, 0.4) is 0 Å². The zero-order valence-electron chi connectivity index (χ0n) is 10.7. The Hall–Kier alpha value is 0.737. The molecule has 0 saturated carbocycles. The molecule has 0 radical (unpaired) electrons. The lowest BCUT2D eigenvalue weighted by Crippen LogP contribution is -2.43. The van der Waals surface area contributed by atoms with Crippen molar-refractivity contribution in [2.75, 3.05) is 0 Å². The van der Waals surface area contributed by atoms with Gasteiger partial charge in [-0.1, -0.05) is 32.4 Å². The van der Waals surface area contributed by atoms with Crippen molar-refractivity contribution in [1.82, 2.24) is 0 Å². The quantitative estimate of drug-likeness (QED) is 0.303. The van der Waals surface area contributed by atoms with Crippen molar-refractivity contribution in [1.29, 1.82) is 0 Å². The predicted octanol–water partition coefficient (Wildman–Crippen LogP) is 6.09. The Morgan fingerprint density at radius 1 is 1.29 bits per heavy atom. The van der Waals surface area contributed by atoms with Crippen LogP contribution in [0.25, 0.3) is 0 Å². The highest BCUT2D eigenvalue weighted by molar-refractivity contribution is 14.1. The molecule has 0 bridgehead atoms. The minimum absolute atomic E-state index is 0.175. The van der Waals surface area contributed by atoms with E-state index in [-0.39, 0.29) is 5.04 Å². The fraction of sp³-hybridized carbons (Fsp3) is 0.500.